The van der Waals surface area contributed by atoms with Gasteiger partial charge in [-0.1, -0.05) is 80.9 Å². The van der Waals surface area contributed by atoms with E-state index in [1.807, 2.05) is 11.0 Å². The Bertz CT molecular complexity index is 1600. The number of fused-ring (bicyclic) bond motifs is 5. The van der Waals surface area contributed by atoms with E-state index in [0.717, 1.165) is 5.56 Å². The van der Waals surface area contributed by atoms with Crippen LogP contribution in [0.15, 0.2) is 72.8 Å². The lowest BCUT2D eigenvalue weighted by atomic mass is 9.63. The molecule has 0 saturated carbocycles. The lowest BCUT2D eigenvalue weighted by Crippen LogP contribution is -2.49. The van der Waals surface area contributed by atoms with E-state index in [4.69, 9.17) is 11.6 Å². The Hall–Kier alpha value is -4.10. The van der Waals surface area contributed by atoms with Crippen molar-refractivity contribution in [1.29, 1.82) is 0 Å². The number of anilines is 1. The van der Waals surface area contributed by atoms with Crippen LogP contribution in [0.1, 0.15) is 58.5 Å². The number of nitro benzene ring substituents is 1. The number of carbonyl (C=O) groups is 3. The summed E-state index contributed by atoms with van der Waals surface area (Å²) in [7, 11) is 0. The van der Waals surface area contributed by atoms with Crippen LogP contribution in [0.25, 0.3) is 6.08 Å². The summed E-state index contributed by atoms with van der Waals surface area (Å²) in [5.41, 5.74) is -0.265. The van der Waals surface area contributed by atoms with E-state index in [1.54, 1.807) is 75.4 Å². The Morgan fingerprint density at radius 3 is 2.26 bits per heavy atom. The molecule has 6 rings (SSSR count). The summed E-state index contributed by atoms with van der Waals surface area (Å²) in [5.74, 6) is -1.90. The summed E-state index contributed by atoms with van der Waals surface area (Å²) in [5, 5.41) is 12.3. The molecular formula is C31H25ClN2O5. The second-order valence-corrected chi connectivity index (χ2v) is 11.8. The number of Topliss-reactive ketones (excluding diaryl/α,β-unsaturated/α-hetero) is 3. The third kappa shape index (κ3) is 3.39. The van der Waals surface area contributed by atoms with Gasteiger partial charge in [-0.05, 0) is 29.3 Å². The average molecular weight is 541 g/mol. The molecule has 1 saturated heterocycles. The molecule has 0 amide bonds. The van der Waals surface area contributed by atoms with Crippen molar-refractivity contribution in [1.82, 2.24) is 0 Å². The maximum Gasteiger partial charge on any atom is 0.269 e. The highest BCUT2D eigenvalue weighted by atomic mass is 35.5. The van der Waals surface area contributed by atoms with E-state index in [1.165, 1.54) is 18.2 Å². The largest absolute Gasteiger partial charge is 0.352 e. The Kier molecular flexibility index (Phi) is 5.46. The van der Waals surface area contributed by atoms with Crippen molar-refractivity contribution in [2.75, 3.05) is 4.90 Å². The standard InChI is InChI=1S/C31H25ClN2O5/c1-30(2,3)29(37)26-25(18-7-6-8-20(16-18)34(38)39)31(27(35)21-9-4-5-10-22(21)28(31)36)24-14-11-17-15-19(32)12-13-23(17)33(24)26/h4-16,24-26H,1-3H3/t24-,25+,26-/m1/s1. The van der Waals surface area contributed by atoms with E-state index in [-0.39, 0.29) is 23.0 Å². The fourth-order valence-electron chi connectivity index (χ4n) is 6.60. The van der Waals surface area contributed by atoms with Gasteiger partial charge in [-0.2, -0.15) is 0 Å². The number of ketones is 3. The highest BCUT2D eigenvalue weighted by molar-refractivity contribution is 6.32. The van der Waals surface area contributed by atoms with Crippen molar-refractivity contribution in [2.45, 2.75) is 38.8 Å². The maximum atomic E-state index is 14.5. The smallest absolute Gasteiger partial charge is 0.269 e. The monoisotopic (exact) mass is 540 g/mol. The molecule has 3 atom stereocenters. The molecule has 2 heterocycles. The highest BCUT2D eigenvalue weighted by Gasteiger charge is 2.72. The highest BCUT2D eigenvalue weighted by Crippen LogP contribution is 2.61. The van der Waals surface area contributed by atoms with Gasteiger partial charge in [0.2, 0.25) is 0 Å². The van der Waals surface area contributed by atoms with Crippen LogP contribution >= 0.6 is 11.6 Å². The minimum Gasteiger partial charge on any atom is -0.352 e. The second kappa shape index (κ2) is 8.45. The Morgan fingerprint density at radius 1 is 0.974 bits per heavy atom. The predicted octanol–water partition coefficient (Wildman–Crippen LogP) is 6.30. The summed E-state index contributed by atoms with van der Waals surface area (Å²) in [6.45, 7) is 5.40. The van der Waals surface area contributed by atoms with Gasteiger partial charge in [0, 0.05) is 45.3 Å². The maximum absolute atomic E-state index is 14.5. The molecule has 3 aliphatic rings. The summed E-state index contributed by atoms with van der Waals surface area (Å²) in [6, 6.07) is 16.2. The SMILES string of the molecule is CC(C)(C)C(=O)[C@H]1[C@H](c2cccc([N+](=O)[O-])c2)C2(C(=O)c3ccccc3C2=O)[C@H]2C=Cc3cc(Cl)ccc3N12. The molecule has 39 heavy (non-hydrogen) atoms. The van der Waals surface area contributed by atoms with Crippen LogP contribution in [0.3, 0.4) is 0 Å². The Morgan fingerprint density at radius 2 is 1.64 bits per heavy atom. The molecule has 0 radical (unpaired) electrons. The fourth-order valence-corrected chi connectivity index (χ4v) is 6.78. The number of hydrogen-bond donors (Lipinski definition) is 0. The molecule has 0 aromatic heterocycles. The quantitative estimate of drug-likeness (QED) is 0.220. The number of rotatable bonds is 3. The minimum atomic E-state index is -1.70. The number of nitrogens with zero attached hydrogens (tertiary/aromatic N) is 2. The summed E-state index contributed by atoms with van der Waals surface area (Å²) in [6.07, 6.45) is 3.64. The molecule has 3 aromatic rings. The Balaban J connectivity index is 1.71. The van der Waals surface area contributed by atoms with Crippen molar-refractivity contribution in [3.63, 3.8) is 0 Å². The van der Waals surface area contributed by atoms with Gasteiger partial charge in [0.1, 0.15) is 5.41 Å². The summed E-state index contributed by atoms with van der Waals surface area (Å²) < 4.78 is 0. The first-order valence-corrected chi connectivity index (χ1v) is 13.1. The van der Waals surface area contributed by atoms with E-state index in [0.29, 0.717) is 27.4 Å². The van der Waals surface area contributed by atoms with Gasteiger partial charge in [-0.15, -0.1) is 0 Å². The molecule has 0 bridgehead atoms. The zero-order valence-corrected chi connectivity index (χ0v) is 22.3. The first-order chi connectivity index (χ1) is 18.5. The third-order valence-electron chi connectivity index (χ3n) is 8.21. The molecule has 1 fully saturated rings. The number of hydrogen-bond acceptors (Lipinski definition) is 6. The molecule has 0 N–H and O–H groups in total. The Labute approximate surface area is 230 Å². The second-order valence-electron chi connectivity index (χ2n) is 11.4. The van der Waals surface area contributed by atoms with Crippen molar-refractivity contribution in [2.24, 2.45) is 10.8 Å². The molecule has 0 unspecified atom stereocenters. The topological polar surface area (TPSA) is 97.6 Å². The van der Waals surface area contributed by atoms with Gasteiger partial charge in [-0.3, -0.25) is 24.5 Å². The average Bonchev–Trinajstić information content (AvgIpc) is 3.33. The van der Waals surface area contributed by atoms with Gasteiger partial charge in [0.15, 0.2) is 17.3 Å². The van der Waals surface area contributed by atoms with Crippen molar-refractivity contribution in [3.05, 3.63) is 110 Å². The predicted molar refractivity (Wildman–Crippen MR) is 148 cm³/mol. The molecule has 3 aromatic carbocycles. The van der Waals surface area contributed by atoms with Gasteiger partial charge in [0.25, 0.3) is 5.69 Å². The van der Waals surface area contributed by atoms with E-state index in [2.05, 4.69) is 0 Å². The molecule has 8 heteroatoms. The normalized spacial score (nSPS) is 22.6. The molecule has 7 nitrogen and oxygen atoms in total. The van der Waals surface area contributed by atoms with Gasteiger partial charge in [-0.25, -0.2) is 0 Å². The van der Waals surface area contributed by atoms with Crippen LogP contribution in [0.4, 0.5) is 11.4 Å². The van der Waals surface area contributed by atoms with E-state index >= 15 is 0 Å². The van der Waals surface area contributed by atoms with Gasteiger partial charge >= 0.3 is 0 Å². The molecule has 2 aliphatic heterocycles. The van der Waals surface area contributed by atoms with Crippen LogP contribution in [0.2, 0.25) is 5.02 Å². The van der Waals surface area contributed by atoms with Crippen LogP contribution in [0.5, 0.6) is 0 Å². The molecule has 196 valence electrons. The first kappa shape index (κ1) is 25.2. The van der Waals surface area contributed by atoms with Crippen molar-refractivity contribution < 1.29 is 19.3 Å². The van der Waals surface area contributed by atoms with Gasteiger partial charge in [0.05, 0.1) is 17.0 Å². The zero-order valence-electron chi connectivity index (χ0n) is 21.6. The van der Waals surface area contributed by atoms with E-state index in [9.17, 15) is 24.5 Å². The molecule has 1 aliphatic carbocycles. The van der Waals surface area contributed by atoms with Crippen molar-refractivity contribution in [3.8, 4) is 0 Å². The summed E-state index contributed by atoms with van der Waals surface area (Å²) >= 11 is 6.30. The van der Waals surface area contributed by atoms with Crippen LogP contribution in [-0.4, -0.2) is 34.4 Å². The minimum absolute atomic E-state index is 0.173. The first-order valence-electron chi connectivity index (χ1n) is 12.7. The van der Waals surface area contributed by atoms with Crippen LogP contribution < -0.4 is 4.90 Å². The number of non-ortho nitro benzene ring substituents is 1. The summed E-state index contributed by atoms with van der Waals surface area (Å²) in [4.78, 5) is 56.6. The molecule has 1 spiro atoms. The van der Waals surface area contributed by atoms with Gasteiger partial charge < -0.3 is 4.90 Å². The fraction of sp³-hybridized carbons (Fsp3) is 0.258. The molecular weight excluding hydrogens is 516 g/mol. The lowest BCUT2D eigenvalue weighted by molar-refractivity contribution is -0.384. The number of carbonyl (C=O) groups excluding carboxylic acids is 3. The number of halogens is 1. The van der Waals surface area contributed by atoms with Crippen molar-refractivity contribution >= 4 is 46.4 Å². The van der Waals surface area contributed by atoms with E-state index < -0.39 is 33.8 Å². The zero-order chi connectivity index (χ0) is 27.9. The number of nitro groups is 1. The van der Waals surface area contributed by atoms with Crippen LogP contribution in [0, 0.1) is 20.9 Å². The third-order valence-corrected chi connectivity index (χ3v) is 8.45. The number of benzene rings is 3. The lowest BCUT2D eigenvalue weighted by Gasteiger charge is -2.38. The van der Waals surface area contributed by atoms with Crippen LogP contribution in [-0.2, 0) is 4.79 Å².